The summed E-state index contributed by atoms with van der Waals surface area (Å²) in [5.74, 6) is -7.40. The van der Waals surface area contributed by atoms with Crippen LogP contribution in [0.4, 0.5) is 19.2 Å². The Bertz CT molecular complexity index is 2910. The summed E-state index contributed by atoms with van der Waals surface area (Å²) in [6.45, 7) is 17.2. The molecule has 1 aliphatic rings. The van der Waals surface area contributed by atoms with Gasteiger partial charge >= 0.3 is 63.9 Å². The van der Waals surface area contributed by atoms with Crippen LogP contribution in [0.15, 0.2) is 21.9 Å². The Balaban J connectivity index is 2.23. The summed E-state index contributed by atoms with van der Waals surface area (Å²) >= 11 is 0. The van der Waals surface area contributed by atoms with Gasteiger partial charge in [-0.1, -0.05) is 12.8 Å². The first-order chi connectivity index (χ1) is 40.6. The molecule has 1 aromatic heterocycles. The van der Waals surface area contributed by atoms with Gasteiger partial charge in [-0.25, -0.2) is 42.7 Å². The number of likely N-dealkylation sites (N-methyl/N-ethyl adjacent to an activating group) is 1. The molecule has 0 bridgehead atoms. The van der Waals surface area contributed by atoms with Crippen LogP contribution >= 0.6 is 23.0 Å². The van der Waals surface area contributed by atoms with Gasteiger partial charge in [0.05, 0.1) is 19.1 Å². The first kappa shape index (κ1) is 79.1. The van der Waals surface area contributed by atoms with E-state index in [0.29, 0.717) is 0 Å². The molecule has 0 aromatic carbocycles. The minimum Gasteiger partial charge on any atom is -0.428 e. The predicted molar refractivity (Wildman–Crippen MR) is 304 cm³/mol. The van der Waals surface area contributed by atoms with Crippen LogP contribution in [0.3, 0.4) is 0 Å². The van der Waals surface area contributed by atoms with Crippen LogP contribution in [0.5, 0.6) is 0 Å². The van der Waals surface area contributed by atoms with Crippen LogP contribution in [0, 0.1) is 5.92 Å². The summed E-state index contributed by atoms with van der Waals surface area (Å²) in [6.07, 6.45) is -15.2. The predicted octanol–water partition coefficient (Wildman–Crippen LogP) is 4.39. The van der Waals surface area contributed by atoms with Gasteiger partial charge < -0.3 is 78.4 Å². The second-order valence-electron chi connectivity index (χ2n) is 24.1. The number of rotatable bonds is 30. The van der Waals surface area contributed by atoms with Crippen LogP contribution in [0.1, 0.15) is 148 Å². The van der Waals surface area contributed by atoms with Crippen LogP contribution in [0.2, 0.25) is 0 Å². The average molecular weight is 1340 g/mol. The number of aromatic amines is 1. The zero-order valence-corrected chi connectivity index (χ0v) is 54.6. The Morgan fingerprint density at radius 1 is 0.652 bits per heavy atom. The fraction of sp³-hybridized carbons (Fsp3) is 0.745. The third-order valence-electron chi connectivity index (χ3n) is 11.4. The number of aromatic nitrogens is 2. The van der Waals surface area contributed by atoms with Gasteiger partial charge in [0.1, 0.15) is 58.8 Å². The van der Waals surface area contributed by atoms with E-state index < -0.39 is 192 Å². The number of nitrogens with one attached hydrogen (secondary N) is 4. The molecule has 2 heterocycles. The van der Waals surface area contributed by atoms with Crippen LogP contribution in [-0.4, -0.2) is 175 Å². The van der Waals surface area contributed by atoms with Crippen LogP contribution < -0.4 is 27.2 Å². The van der Waals surface area contributed by atoms with E-state index in [1.165, 1.54) is 97.1 Å². The van der Waals surface area contributed by atoms with E-state index in [2.05, 4.69) is 24.8 Å². The highest BCUT2D eigenvalue weighted by atomic mass is 31.3. The quantitative estimate of drug-likeness (QED) is 0.0174. The van der Waals surface area contributed by atoms with Crippen molar-refractivity contribution in [1.82, 2.24) is 25.5 Å². The summed E-state index contributed by atoms with van der Waals surface area (Å²) in [6, 6.07) is -3.70. The first-order valence-corrected chi connectivity index (χ1v) is 32.7. The fourth-order valence-corrected chi connectivity index (χ4v) is 11.9. The Labute approximate surface area is 512 Å². The zero-order valence-electron chi connectivity index (χ0n) is 52.0. The van der Waals surface area contributed by atoms with Crippen molar-refractivity contribution in [1.29, 1.82) is 0 Å². The number of hydrogen-bond donors (Lipinski definition) is 8. The van der Waals surface area contributed by atoms with Gasteiger partial charge in [-0.3, -0.25) is 42.3 Å². The lowest BCUT2D eigenvalue weighted by Gasteiger charge is -2.27. The number of aliphatic hydroxyl groups is 2. The van der Waals surface area contributed by atoms with E-state index in [4.69, 9.17) is 46.9 Å². The number of phosphoric acid groups is 2. The lowest BCUT2D eigenvalue weighted by atomic mass is 10.0. The summed E-state index contributed by atoms with van der Waals surface area (Å²) in [7, 11) is -14.2. The van der Waals surface area contributed by atoms with Gasteiger partial charge in [-0.15, -0.1) is 0 Å². The SMILES string of the molecule is CN[C@H](CCCC(CP(=O)(CC[C@@H](NC(=O)[C@H](C)NC(=O)CCCCCOP(=O)(O)OP(=O)(O)OC[C@H]1O[C@@H](n2ccc(=O)[nH]c2=O)[C@H](O)[C@@H]1O)C(=O)OC(=O)OC(C)(C)C)OC(=O)OC(C)(C)C)C(=O)OC(=O)OC(C)(C)C)C(=O)OC(=O)OC(C)(C)C. The summed E-state index contributed by atoms with van der Waals surface area (Å²) in [4.78, 5) is 164. The summed E-state index contributed by atoms with van der Waals surface area (Å²) < 4.78 is 100. The Morgan fingerprint density at radius 3 is 1.67 bits per heavy atom. The van der Waals surface area contributed by atoms with Crippen molar-refractivity contribution in [3.63, 3.8) is 0 Å². The Kier molecular flexibility index (Phi) is 30.2. The number of H-pyrrole nitrogens is 1. The van der Waals surface area contributed by atoms with E-state index in [1.807, 2.05) is 4.98 Å². The summed E-state index contributed by atoms with van der Waals surface area (Å²) in [5.41, 5.74) is -6.44. The number of ether oxygens (including phenoxy) is 8. The van der Waals surface area contributed by atoms with Gasteiger partial charge in [0.2, 0.25) is 11.8 Å². The highest BCUT2D eigenvalue weighted by molar-refractivity contribution is 7.61. The zero-order chi connectivity index (χ0) is 68.3. The highest BCUT2D eigenvalue weighted by Gasteiger charge is 2.47. The summed E-state index contributed by atoms with van der Waals surface area (Å²) in [5, 5.41) is 28.0. The number of aliphatic hydroxyl groups excluding tert-OH is 2. The maximum Gasteiger partial charge on any atom is 0.516 e. The maximum atomic E-state index is 15.1. The molecule has 2 amide bonds. The molecule has 8 N–H and O–H groups in total. The van der Waals surface area contributed by atoms with Gasteiger partial charge in [-0.2, -0.15) is 4.31 Å². The molecule has 89 heavy (non-hydrogen) atoms. The molecule has 1 aromatic rings. The molecular weight excluding hydrogens is 1260 g/mol. The van der Waals surface area contributed by atoms with Gasteiger partial charge in [0.15, 0.2) is 6.23 Å². The standard InChI is InChI=1S/C51H84N5O30P3/c1-29(53-34(57)21-16-15-17-25-75-88(71,72)86-89(73,74)76-27-33-36(59)37(60)39(77-33)56-24-22-35(58)55-43(56)65)38(61)54-32(42(64)80-46(68)83-50(8,9)10)23-26-87(70,85-47(69)84-51(11,12)13)28-30(40(62)78-44(66)81-48(2,3)4)19-18-20-31(52-14)41(63)79-45(67)82-49(5,6)7/h22,24,29-33,36-37,39,52,59-60H,15-21,23,25-28H2,1-14H3,(H,53,57)(H,54,61)(H,71,72)(H,73,74)(H,55,58,65)/t29-,30?,31+,32+,33+,36+,37+,39+,87?/m0/s1. The maximum absolute atomic E-state index is 15.1. The number of carbonyl (C=O) groups is 9. The monoisotopic (exact) mass is 1340 g/mol. The lowest BCUT2D eigenvalue weighted by molar-refractivity contribution is -0.147. The van der Waals surface area contributed by atoms with Crippen molar-refractivity contribution in [2.75, 3.05) is 32.6 Å². The van der Waals surface area contributed by atoms with Gasteiger partial charge in [0.25, 0.3) is 12.9 Å². The molecule has 38 heteroatoms. The number of amides is 2. The number of esters is 3. The molecule has 1 saturated heterocycles. The number of carbonyl (C=O) groups excluding carboxylic acids is 9. The molecule has 0 aliphatic carbocycles. The van der Waals surface area contributed by atoms with Crippen molar-refractivity contribution in [2.45, 2.75) is 206 Å². The molecular formula is C51H84N5O30P3. The van der Waals surface area contributed by atoms with Crippen molar-refractivity contribution >= 4 is 77.4 Å². The number of hydrogen-bond acceptors (Lipinski definition) is 29. The minimum atomic E-state index is -5.45. The highest BCUT2D eigenvalue weighted by Crippen LogP contribution is 2.60. The molecule has 2 rings (SSSR count). The topological polar surface area (TPSA) is 487 Å². The second-order valence-corrected chi connectivity index (χ2v) is 29.7. The van der Waals surface area contributed by atoms with Crippen molar-refractivity contribution in [3.05, 3.63) is 33.1 Å². The Morgan fingerprint density at radius 2 is 1.16 bits per heavy atom. The van der Waals surface area contributed by atoms with E-state index in [9.17, 15) is 81.9 Å². The lowest BCUT2D eigenvalue weighted by Crippen LogP contribution is -2.51. The van der Waals surface area contributed by atoms with Crippen LogP contribution in [0.25, 0.3) is 0 Å². The number of phosphoric ester groups is 2. The van der Waals surface area contributed by atoms with Crippen LogP contribution in [-0.2, 0) is 93.4 Å². The van der Waals surface area contributed by atoms with E-state index in [0.717, 1.165) is 16.8 Å². The van der Waals surface area contributed by atoms with Gasteiger partial charge in [-0.05, 0) is 129 Å². The van der Waals surface area contributed by atoms with Crippen molar-refractivity contribution in [2.24, 2.45) is 5.92 Å². The number of unbranched alkanes of at least 4 members (excludes halogenated alkanes) is 2. The third kappa shape index (κ3) is 31.6. The average Bonchev–Trinajstić information content (AvgIpc) is 1.73. The van der Waals surface area contributed by atoms with Gasteiger partial charge in [0, 0.05) is 31.0 Å². The molecule has 1 fully saturated rings. The normalized spacial score (nSPS) is 19.6. The van der Waals surface area contributed by atoms with E-state index in [1.54, 1.807) is 0 Å². The Hall–Kier alpha value is -5.96. The molecule has 1 aliphatic heterocycles. The number of nitrogens with zero attached hydrogens (tertiary/aromatic N) is 1. The molecule has 508 valence electrons. The smallest absolute Gasteiger partial charge is 0.428 e. The van der Waals surface area contributed by atoms with Crippen molar-refractivity contribution < 1.29 is 133 Å². The van der Waals surface area contributed by atoms with E-state index >= 15 is 4.57 Å². The molecule has 35 nitrogen and oxygen atoms in total. The van der Waals surface area contributed by atoms with E-state index in [-0.39, 0.29) is 44.9 Å². The molecule has 11 atom stereocenters. The minimum absolute atomic E-state index is 0.0459. The fourth-order valence-electron chi connectivity index (χ4n) is 7.50. The third-order valence-corrected chi connectivity index (χ3v) is 16.4. The molecule has 0 spiro atoms. The largest absolute Gasteiger partial charge is 0.516 e. The van der Waals surface area contributed by atoms with Crippen molar-refractivity contribution in [3.8, 4) is 0 Å². The molecule has 0 saturated carbocycles. The second kappa shape index (κ2) is 33.9. The molecule has 4 unspecified atom stereocenters. The molecule has 0 radical (unpaired) electrons. The first-order valence-electron chi connectivity index (χ1n) is 27.7.